The van der Waals surface area contributed by atoms with E-state index >= 15 is 0 Å². The highest BCUT2D eigenvalue weighted by Crippen LogP contribution is 2.30. The van der Waals surface area contributed by atoms with Crippen LogP contribution in [0, 0.1) is 5.82 Å². The van der Waals surface area contributed by atoms with Crippen LogP contribution in [-0.4, -0.2) is 66.9 Å². The van der Waals surface area contributed by atoms with Crippen molar-refractivity contribution >= 4 is 28.8 Å². The molecular weight excluding hydrogens is 427 g/mol. The summed E-state index contributed by atoms with van der Waals surface area (Å²) in [5.41, 5.74) is 1.02. The summed E-state index contributed by atoms with van der Waals surface area (Å²) in [6.45, 7) is 6.60. The van der Waals surface area contributed by atoms with Crippen molar-refractivity contribution in [2.45, 2.75) is 38.3 Å². The van der Waals surface area contributed by atoms with Crippen LogP contribution in [-0.2, 0) is 9.59 Å². The summed E-state index contributed by atoms with van der Waals surface area (Å²) in [5.74, 6) is -1.15. The third-order valence-electron chi connectivity index (χ3n) is 6.40. The molecule has 0 bridgehead atoms. The number of anilines is 1. The first-order valence-corrected chi connectivity index (χ1v) is 12.3. The van der Waals surface area contributed by atoms with Crippen LogP contribution in [0.25, 0.3) is 0 Å². The van der Waals surface area contributed by atoms with E-state index in [1.165, 1.54) is 17.0 Å². The minimum Gasteiger partial charge on any atom is -0.369 e. The average Bonchev–Trinajstić information content (AvgIpc) is 3.34. The van der Waals surface area contributed by atoms with Gasteiger partial charge in [-0.25, -0.2) is 4.39 Å². The van der Waals surface area contributed by atoms with Gasteiger partial charge < -0.3 is 15.1 Å². The summed E-state index contributed by atoms with van der Waals surface area (Å²) >= 11 is 1.67. The molecule has 2 atom stereocenters. The fraction of sp³-hybridized carbons (Fsp3) is 0.500. The number of nitrogens with one attached hydrogen (secondary N) is 1. The van der Waals surface area contributed by atoms with Crippen molar-refractivity contribution in [3.63, 3.8) is 0 Å². The number of carbonyl (C=O) groups is 2. The Hall–Kier alpha value is -2.45. The molecule has 172 valence electrons. The van der Waals surface area contributed by atoms with Gasteiger partial charge in [-0.3, -0.25) is 14.5 Å². The smallest absolute Gasteiger partial charge is 0.311 e. The van der Waals surface area contributed by atoms with E-state index in [-0.39, 0.29) is 17.9 Å². The number of carbonyl (C=O) groups excluding carboxylic acids is 2. The first-order chi connectivity index (χ1) is 15.5. The van der Waals surface area contributed by atoms with Crippen LogP contribution in [0.1, 0.15) is 37.1 Å². The molecule has 1 aromatic heterocycles. The molecule has 2 fully saturated rings. The van der Waals surface area contributed by atoms with Gasteiger partial charge >= 0.3 is 11.8 Å². The van der Waals surface area contributed by atoms with E-state index in [0.29, 0.717) is 13.1 Å². The van der Waals surface area contributed by atoms with Gasteiger partial charge in [-0.2, -0.15) is 0 Å². The first kappa shape index (κ1) is 22.7. The number of likely N-dealkylation sites (tertiary alicyclic amines) is 1. The van der Waals surface area contributed by atoms with Gasteiger partial charge in [-0.05, 0) is 61.9 Å². The highest BCUT2D eigenvalue weighted by molar-refractivity contribution is 7.10. The van der Waals surface area contributed by atoms with E-state index in [0.717, 1.165) is 51.1 Å². The first-order valence-electron chi connectivity index (χ1n) is 11.4. The lowest BCUT2D eigenvalue weighted by molar-refractivity contribution is -0.147. The summed E-state index contributed by atoms with van der Waals surface area (Å²) in [5, 5.41) is 5.04. The van der Waals surface area contributed by atoms with Gasteiger partial charge in [0.1, 0.15) is 5.82 Å². The minimum absolute atomic E-state index is 0.00322. The number of thiophene rings is 1. The van der Waals surface area contributed by atoms with Crippen LogP contribution in [0.2, 0.25) is 0 Å². The standard InChI is InChI=1S/C24H31FN4O2S/c1-18(26-23(30)24(31)29-11-3-2-4-12-29)22(21-6-5-17-32-21)28-15-13-27(14-16-28)20-9-7-19(25)8-10-20/h5-10,17-18,22H,2-4,11-16H2,1H3,(H,26,30)/t18-,22-/m0/s1. The van der Waals surface area contributed by atoms with Crippen molar-refractivity contribution in [2.75, 3.05) is 44.2 Å². The Balaban J connectivity index is 1.41. The van der Waals surface area contributed by atoms with Crippen molar-refractivity contribution in [1.82, 2.24) is 15.1 Å². The number of benzene rings is 1. The largest absolute Gasteiger partial charge is 0.369 e. The van der Waals surface area contributed by atoms with Gasteiger partial charge in [0.15, 0.2) is 0 Å². The van der Waals surface area contributed by atoms with Crippen LogP contribution >= 0.6 is 11.3 Å². The quantitative estimate of drug-likeness (QED) is 0.699. The molecule has 2 aromatic rings. The van der Waals surface area contributed by atoms with Crippen LogP contribution in [0.4, 0.5) is 10.1 Å². The predicted molar refractivity (Wildman–Crippen MR) is 125 cm³/mol. The molecule has 0 spiro atoms. The number of rotatable bonds is 5. The Labute approximate surface area is 193 Å². The van der Waals surface area contributed by atoms with Gasteiger partial charge in [-0.1, -0.05) is 6.07 Å². The maximum atomic E-state index is 13.3. The summed E-state index contributed by atoms with van der Waals surface area (Å²) in [4.78, 5) is 32.8. The second kappa shape index (κ2) is 10.4. The van der Waals surface area contributed by atoms with E-state index < -0.39 is 11.8 Å². The fourth-order valence-corrected chi connectivity index (χ4v) is 5.66. The Bertz CT molecular complexity index is 891. The number of halogens is 1. The van der Waals surface area contributed by atoms with Crippen molar-refractivity contribution in [2.24, 2.45) is 0 Å². The van der Waals surface area contributed by atoms with Crippen LogP contribution < -0.4 is 10.2 Å². The monoisotopic (exact) mass is 458 g/mol. The highest BCUT2D eigenvalue weighted by atomic mass is 32.1. The molecule has 3 heterocycles. The lowest BCUT2D eigenvalue weighted by atomic mass is 10.0. The van der Waals surface area contributed by atoms with Crippen LogP contribution in [0.3, 0.4) is 0 Å². The van der Waals surface area contributed by atoms with E-state index in [2.05, 4.69) is 21.2 Å². The molecule has 0 unspecified atom stereocenters. The molecular formula is C24H31FN4O2S. The number of piperazine rings is 1. The zero-order valence-electron chi connectivity index (χ0n) is 18.5. The molecule has 32 heavy (non-hydrogen) atoms. The van der Waals surface area contributed by atoms with Gasteiger partial charge in [0, 0.05) is 55.9 Å². The molecule has 1 aromatic carbocycles. The van der Waals surface area contributed by atoms with Crippen molar-refractivity contribution in [3.8, 4) is 0 Å². The molecule has 0 aliphatic carbocycles. The Morgan fingerprint density at radius 3 is 2.28 bits per heavy atom. The average molecular weight is 459 g/mol. The molecule has 8 heteroatoms. The Kier molecular flexibility index (Phi) is 7.42. The molecule has 6 nitrogen and oxygen atoms in total. The second-order valence-electron chi connectivity index (χ2n) is 8.57. The molecule has 2 aliphatic heterocycles. The van der Waals surface area contributed by atoms with E-state index in [9.17, 15) is 14.0 Å². The maximum Gasteiger partial charge on any atom is 0.311 e. The summed E-state index contributed by atoms with van der Waals surface area (Å²) < 4.78 is 13.3. The topological polar surface area (TPSA) is 55.9 Å². The van der Waals surface area contributed by atoms with Gasteiger partial charge in [0.05, 0.1) is 6.04 Å². The third-order valence-corrected chi connectivity index (χ3v) is 7.35. The number of piperidine rings is 1. The molecule has 2 aliphatic rings. The summed E-state index contributed by atoms with van der Waals surface area (Å²) in [7, 11) is 0. The van der Waals surface area contributed by atoms with Gasteiger partial charge in [-0.15, -0.1) is 11.3 Å². The molecule has 1 N–H and O–H groups in total. The second-order valence-corrected chi connectivity index (χ2v) is 9.55. The van der Waals surface area contributed by atoms with E-state index in [4.69, 9.17) is 0 Å². The zero-order valence-corrected chi connectivity index (χ0v) is 19.3. The van der Waals surface area contributed by atoms with Crippen molar-refractivity contribution in [3.05, 3.63) is 52.5 Å². The molecule has 0 radical (unpaired) electrons. The fourth-order valence-electron chi connectivity index (χ4n) is 4.70. The third kappa shape index (κ3) is 5.30. The predicted octanol–water partition coefficient (Wildman–Crippen LogP) is 3.27. The summed E-state index contributed by atoms with van der Waals surface area (Å²) in [6.07, 6.45) is 3.04. The Morgan fingerprint density at radius 2 is 1.66 bits per heavy atom. The van der Waals surface area contributed by atoms with Crippen LogP contribution in [0.15, 0.2) is 41.8 Å². The normalized spacial score (nSPS) is 19.4. The van der Waals surface area contributed by atoms with E-state index in [1.807, 2.05) is 30.5 Å². The zero-order chi connectivity index (χ0) is 22.5. The lowest BCUT2D eigenvalue weighted by Crippen LogP contribution is -2.54. The lowest BCUT2D eigenvalue weighted by Gasteiger charge is -2.42. The van der Waals surface area contributed by atoms with E-state index in [1.54, 1.807) is 16.2 Å². The number of amides is 2. The SMILES string of the molecule is C[C@H](NC(=O)C(=O)N1CCCCC1)[C@@H](c1cccs1)N1CCN(c2ccc(F)cc2)CC1. The molecule has 0 saturated carbocycles. The number of hydrogen-bond donors (Lipinski definition) is 1. The highest BCUT2D eigenvalue weighted by Gasteiger charge is 2.33. The molecule has 2 amide bonds. The van der Waals surface area contributed by atoms with Crippen LogP contribution in [0.5, 0.6) is 0 Å². The Morgan fingerprint density at radius 1 is 0.969 bits per heavy atom. The maximum absolute atomic E-state index is 13.3. The number of nitrogens with zero attached hydrogens (tertiary/aromatic N) is 3. The van der Waals surface area contributed by atoms with Crippen molar-refractivity contribution < 1.29 is 14.0 Å². The van der Waals surface area contributed by atoms with Gasteiger partial charge in [0.2, 0.25) is 0 Å². The minimum atomic E-state index is -0.508. The molecule has 2 saturated heterocycles. The number of hydrogen-bond acceptors (Lipinski definition) is 5. The van der Waals surface area contributed by atoms with Crippen molar-refractivity contribution in [1.29, 1.82) is 0 Å². The summed E-state index contributed by atoms with van der Waals surface area (Å²) in [6, 6.07) is 10.5. The van der Waals surface area contributed by atoms with Gasteiger partial charge in [0.25, 0.3) is 0 Å². The molecule has 4 rings (SSSR count).